The van der Waals surface area contributed by atoms with Gasteiger partial charge in [-0.1, -0.05) is 6.92 Å². The van der Waals surface area contributed by atoms with Gasteiger partial charge >= 0.3 is 6.18 Å². The molecule has 1 N–H and O–H groups in total. The van der Waals surface area contributed by atoms with Crippen LogP contribution in [0.4, 0.5) is 13.2 Å². The quantitative estimate of drug-likeness (QED) is 0.422. The number of fused-ring (bicyclic) bond motifs is 1. The lowest BCUT2D eigenvalue weighted by molar-refractivity contribution is -0.142. The van der Waals surface area contributed by atoms with Gasteiger partial charge in [0.2, 0.25) is 0 Å². The number of thiophene rings is 1. The third-order valence-electron chi connectivity index (χ3n) is 5.39. The molecule has 7 nitrogen and oxygen atoms in total. The Kier molecular flexibility index (Phi) is 6.00. The highest BCUT2D eigenvalue weighted by Gasteiger charge is 2.36. The molecule has 0 bridgehead atoms. The van der Waals surface area contributed by atoms with Crippen LogP contribution >= 0.6 is 11.3 Å². The molecule has 33 heavy (non-hydrogen) atoms. The Labute approximate surface area is 192 Å². The number of alkyl halides is 3. The Morgan fingerprint density at radius 3 is 2.64 bits per heavy atom. The van der Waals surface area contributed by atoms with Crippen LogP contribution in [-0.2, 0) is 19.1 Å². The van der Waals surface area contributed by atoms with Crippen LogP contribution in [0, 0.1) is 6.92 Å². The molecule has 0 spiro atoms. The van der Waals surface area contributed by atoms with Gasteiger partial charge in [0.05, 0.1) is 28.5 Å². The smallest absolute Gasteiger partial charge is 0.345 e. The van der Waals surface area contributed by atoms with Crippen molar-refractivity contribution in [1.29, 1.82) is 0 Å². The zero-order valence-electron chi connectivity index (χ0n) is 18.6. The van der Waals surface area contributed by atoms with Crippen LogP contribution < -0.4 is 5.32 Å². The van der Waals surface area contributed by atoms with Crippen molar-refractivity contribution in [3.8, 4) is 10.6 Å². The van der Waals surface area contributed by atoms with Crippen LogP contribution in [-0.4, -0.2) is 30.3 Å². The number of nitrogens with one attached hydrogen (secondary N) is 1. The fourth-order valence-corrected chi connectivity index (χ4v) is 4.54. The van der Waals surface area contributed by atoms with E-state index in [2.05, 4.69) is 20.5 Å². The van der Waals surface area contributed by atoms with Crippen molar-refractivity contribution in [2.45, 2.75) is 52.9 Å². The van der Waals surface area contributed by atoms with Crippen molar-refractivity contribution in [1.82, 2.24) is 29.7 Å². The molecular weight excluding hydrogens is 453 g/mol. The molecule has 174 valence electrons. The second-order valence-electron chi connectivity index (χ2n) is 7.66. The summed E-state index contributed by atoms with van der Waals surface area (Å²) < 4.78 is 43.9. The molecule has 4 heterocycles. The van der Waals surface area contributed by atoms with Crippen LogP contribution in [0.5, 0.6) is 0 Å². The number of halogens is 3. The molecule has 0 saturated heterocycles. The van der Waals surface area contributed by atoms with E-state index in [1.54, 1.807) is 17.7 Å². The summed E-state index contributed by atoms with van der Waals surface area (Å²) in [6.45, 7) is 8.25. The van der Waals surface area contributed by atoms with Gasteiger partial charge < -0.3 is 5.32 Å². The molecule has 0 aromatic carbocycles. The van der Waals surface area contributed by atoms with Crippen LogP contribution in [0.15, 0.2) is 30.6 Å². The number of amides is 1. The Morgan fingerprint density at radius 2 is 2.03 bits per heavy atom. The number of aryl methyl sites for hydroxylation is 3. The van der Waals surface area contributed by atoms with Gasteiger partial charge in [-0.3, -0.25) is 9.48 Å². The van der Waals surface area contributed by atoms with Gasteiger partial charge in [-0.25, -0.2) is 9.50 Å². The van der Waals surface area contributed by atoms with E-state index in [1.165, 1.54) is 11.3 Å². The number of carbonyl (C=O) groups excluding carboxylic acids is 1. The lowest BCUT2D eigenvalue weighted by Gasteiger charge is -2.13. The van der Waals surface area contributed by atoms with E-state index in [0.717, 1.165) is 34.8 Å². The van der Waals surface area contributed by atoms with Crippen LogP contribution in [0.2, 0.25) is 0 Å². The molecule has 1 amide bonds. The predicted octanol–water partition coefficient (Wildman–Crippen LogP) is 5.05. The second-order valence-corrected chi connectivity index (χ2v) is 8.83. The maximum absolute atomic E-state index is 13.8. The average molecular weight is 477 g/mol. The first-order chi connectivity index (χ1) is 15.6. The minimum Gasteiger partial charge on any atom is -0.345 e. The van der Waals surface area contributed by atoms with Crippen molar-refractivity contribution in [3.63, 3.8) is 0 Å². The average Bonchev–Trinajstić information content (AvgIpc) is 3.49. The Bertz CT molecular complexity index is 1320. The van der Waals surface area contributed by atoms with Crippen molar-refractivity contribution < 1.29 is 18.0 Å². The second kappa shape index (κ2) is 8.62. The summed E-state index contributed by atoms with van der Waals surface area (Å²) in [5.74, 6) is -0.556. The highest BCUT2D eigenvalue weighted by Crippen LogP contribution is 2.35. The molecule has 1 unspecified atom stereocenters. The van der Waals surface area contributed by atoms with E-state index in [9.17, 15) is 18.0 Å². The minimum absolute atomic E-state index is 0.0259. The third kappa shape index (κ3) is 4.37. The Hall–Kier alpha value is -3.21. The lowest BCUT2D eigenvalue weighted by atomic mass is 10.1. The Balaban J connectivity index is 1.75. The predicted molar refractivity (Wildman–Crippen MR) is 119 cm³/mol. The van der Waals surface area contributed by atoms with Crippen LogP contribution in [0.1, 0.15) is 59.0 Å². The molecule has 0 radical (unpaired) electrons. The Morgan fingerprint density at radius 1 is 1.27 bits per heavy atom. The molecule has 0 aliphatic carbocycles. The van der Waals surface area contributed by atoms with E-state index in [1.807, 2.05) is 33.0 Å². The van der Waals surface area contributed by atoms with Gasteiger partial charge in [0, 0.05) is 23.2 Å². The van der Waals surface area contributed by atoms with Crippen molar-refractivity contribution in [2.75, 3.05) is 0 Å². The van der Waals surface area contributed by atoms with E-state index in [0.29, 0.717) is 15.9 Å². The maximum atomic E-state index is 13.8. The first kappa shape index (κ1) is 23.0. The zero-order valence-corrected chi connectivity index (χ0v) is 19.4. The minimum atomic E-state index is -4.67. The first-order valence-electron chi connectivity index (χ1n) is 10.5. The molecule has 0 aliphatic heterocycles. The molecule has 4 rings (SSSR count). The van der Waals surface area contributed by atoms with Gasteiger partial charge in [-0.05, 0) is 45.4 Å². The SMILES string of the molecule is CCc1ccc(-c2cc(C(F)(F)F)n3ncc(C(=O)NC(C)c4cn(CC)nc4C)c3n2)s1. The van der Waals surface area contributed by atoms with Gasteiger partial charge in [-0.15, -0.1) is 11.3 Å². The highest BCUT2D eigenvalue weighted by molar-refractivity contribution is 7.15. The molecule has 11 heteroatoms. The number of hydrogen-bond acceptors (Lipinski definition) is 5. The maximum Gasteiger partial charge on any atom is 0.433 e. The number of rotatable bonds is 6. The molecular formula is C22H23F3N6OS. The molecule has 0 aliphatic rings. The van der Waals surface area contributed by atoms with E-state index < -0.39 is 23.8 Å². The van der Waals surface area contributed by atoms with E-state index in [4.69, 9.17) is 0 Å². The van der Waals surface area contributed by atoms with Gasteiger partial charge in [-0.2, -0.15) is 23.4 Å². The lowest BCUT2D eigenvalue weighted by Crippen LogP contribution is -2.27. The summed E-state index contributed by atoms with van der Waals surface area (Å²) >= 11 is 1.38. The monoisotopic (exact) mass is 476 g/mol. The topological polar surface area (TPSA) is 77.1 Å². The zero-order chi connectivity index (χ0) is 23.9. The summed E-state index contributed by atoms with van der Waals surface area (Å²) in [6, 6.07) is 4.18. The largest absolute Gasteiger partial charge is 0.433 e. The fourth-order valence-electron chi connectivity index (χ4n) is 3.63. The molecule has 4 aromatic heterocycles. The van der Waals surface area contributed by atoms with Gasteiger partial charge in [0.25, 0.3) is 5.91 Å². The normalized spacial score (nSPS) is 12.9. The molecule has 0 saturated carbocycles. The standard InChI is InChI=1S/C22H23F3N6OS/c1-5-14-7-8-18(33-14)17-9-19(22(23,24)25)31-20(28-17)15(10-26-31)21(32)27-12(3)16-11-30(6-2)29-13(16)4/h7-12H,5-6H2,1-4H3,(H,27,32). The summed E-state index contributed by atoms with van der Waals surface area (Å²) in [5.41, 5.74) is 0.605. The number of aromatic nitrogens is 5. The number of nitrogens with zero attached hydrogens (tertiary/aromatic N) is 5. The van der Waals surface area contributed by atoms with Gasteiger partial charge in [0.15, 0.2) is 11.3 Å². The van der Waals surface area contributed by atoms with E-state index >= 15 is 0 Å². The summed E-state index contributed by atoms with van der Waals surface area (Å²) in [6.07, 6.45) is -0.931. The first-order valence-corrected chi connectivity index (χ1v) is 11.3. The molecule has 0 fully saturated rings. The van der Waals surface area contributed by atoms with E-state index in [-0.39, 0.29) is 16.9 Å². The highest BCUT2D eigenvalue weighted by atomic mass is 32.1. The number of carbonyl (C=O) groups is 1. The summed E-state index contributed by atoms with van der Waals surface area (Å²) in [4.78, 5) is 19.1. The van der Waals surface area contributed by atoms with Crippen LogP contribution in [0.25, 0.3) is 16.2 Å². The number of hydrogen-bond donors (Lipinski definition) is 1. The fraction of sp³-hybridized carbons (Fsp3) is 0.364. The third-order valence-corrected chi connectivity index (χ3v) is 6.64. The summed E-state index contributed by atoms with van der Waals surface area (Å²) in [7, 11) is 0. The molecule has 4 aromatic rings. The summed E-state index contributed by atoms with van der Waals surface area (Å²) in [5, 5.41) is 11.0. The molecule has 1 atom stereocenters. The van der Waals surface area contributed by atoms with Crippen molar-refractivity contribution in [2.24, 2.45) is 0 Å². The van der Waals surface area contributed by atoms with Crippen LogP contribution in [0.3, 0.4) is 0 Å². The van der Waals surface area contributed by atoms with Crippen molar-refractivity contribution >= 4 is 22.9 Å². The van der Waals surface area contributed by atoms with Crippen molar-refractivity contribution in [3.05, 3.63) is 58.0 Å². The van der Waals surface area contributed by atoms with Gasteiger partial charge in [0.1, 0.15) is 5.56 Å².